The van der Waals surface area contributed by atoms with Gasteiger partial charge in [0.15, 0.2) is 0 Å². The van der Waals surface area contributed by atoms with Crippen LogP contribution in [-0.4, -0.2) is 58.2 Å². The van der Waals surface area contributed by atoms with Gasteiger partial charge in [-0.25, -0.2) is 0 Å². The minimum Gasteiger partial charge on any atom is -0.391 e. The van der Waals surface area contributed by atoms with Crippen LogP contribution in [0, 0.1) is 5.41 Å². The summed E-state index contributed by atoms with van der Waals surface area (Å²) in [5.74, 6) is 0. The normalized spacial score (nSPS) is 32.1. The largest absolute Gasteiger partial charge is 0.391 e. The molecule has 4 heteroatoms. The number of aliphatic hydroxyl groups excluding tert-OH is 3. The van der Waals surface area contributed by atoms with Gasteiger partial charge in [0, 0.05) is 19.6 Å². The van der Waals surface area contributed by atoms with Crippen molar-refractivity contribution in [1.29, 1.82) is 0 Å². The molecule has 3 atom stereocenters. The number of hydrogen-bond acceptors (Lipinski definition) is 4. The Balaban J connectivity index is 2.40. The molecule has 1 fully saturated rings. The van der Waals surface area contributed by atoms with E-state index in [1.54, 1.807) is 0 Å². The van der Waals surface area contributed by atoms with Crippen molar-refractivity contribution < 1.29 is 15.3 Å². The van der Waals surface area contributed by atoms with Crippen LogP contribution in [0.2, 0.25) is 0 Å². The summed E-state index contributed by atoms with van der Waals surface area (Å²) < 4.78 is 0. The maximum Gasteiger partial charge on any atom is 0.0938 e. The first kappa shape index (κ1) is 11.9. The van der Waals surface area contributed by atoms with Gasteiger partial charge < -0.3 is 15.3 Å². The Morgan fingerprint density at radius 3 is 2.00 bits per heavy atom. The highest BCUT2D eigenvalue weighted by Crippen LogP contribution is 2.21. The van der Waals surface area contributed by atoms with Crippen LogP contribution in [0.25, 0.3) is 0 Å². The monoisotopic (exact) mass is 203 g/mol. The molecular weight excluding hydrogens is 182 g/mol. The molecule has 0 saturated carbocycles. The molecular formula is C10H21NO3. The summed E-state index contributed by atoms with van der Waals surface area (Å²) in [4.78, 5) is 1.89. The second kappa shape index (κ2) is 4.14. The zero-order valence-corrected chi connectivity index (χ0v) is 9.14. The number of β-amino-alcohol motifs (C(OH)–C–C–N with tert-alkyl or cyclic N) is 3. The molecule has 1 unspecified atom stereocenters. The Bertz CT molecular complexity index is 180. The van der Waals surface area contributed by atoms with Crippen LogP contribution < -0.4 is 0 Å². The third kappa shape index (κ3) is 2.92. The van der Waals surface area contributed by atoms with Gasteiger partial charge in [-0.3, -0.25) is 4.90 Å². The SMILES string of the molecule is CC(C)(C)C(O)CN1C[C@@H](O)[C@@H](O)C1. The molecule has 0 aromatic carbocycles. The van der Waals surface area contributed by atoms with Crippen LogP contribution >= 0.6 is 0 Å². The lowest BCUT2D eigenvalue weighted by Gasteiger charge is -2.29. The van der Waals surface area contributed by atoms with Crippen LogP contribution in [0.4, 0.5) is 0 Å². The smallest absolute Gasteiger partial charge is 0.0938 e. The Labute approximate surface area is 85.2 Å². The quantitative estimate of drug-likeness (QED) is 0.562. The first-order valence-corrected chi connectivity index (χ1v) is 5.07. The third-order valence-corrected chi connectivity index (χ3v) is 2.77. The number of aliphatic hydroxyl groups is 3. The zero-order chi connectivity index (χ0) is 10.9. The first-order valence-electron chi connectivity index (χ1n) is 5.07. The molecule has 3 N–H and O–H groups in total. The van der Waals surface area contributed by atoms with Gasteiger partial charge in [0.1, 0.15) is 0 Å². The van der Waals surface area contributed by atoms with Gasteiger partial charge >= 0.3 is 0 Å². The molecule has 0 radical (unpaired) electrons. The van der Waals surface area contributed by atoms with Crippen molar-refractivity contribution in [3.63, 3.8) is 0 Å². The number of rotatable bonds is 2. The molecule has 0 amide bonds. The van der Waals surface area contributed by atoms with E-state index in [1.807, 2.05) is 25.7 Å². The predicted octanol–water partition coefficient (Wildman–Crippen LogP) is -0.569. The summed E-state index contributed by atoms with van der Waals surface area (Å²) in [5, 5.41) is 28.4. The summed E-state index contributed by atoms with van der Waals surface area (Å²) in [6.45, 7) is 7.34. The molecule has 0 spiro atoms. The maximum absolute atomic E-state index is 9.81. The van der Waals surface area contributed by atoms with E-state index in [2.05, 4.69) is 0 Å². The minimum absolute atomic E-state index is 0.154. The number of nitrogens with zero attached hydrogens (tertiary/aromatic N) is 1. The predicted molar refractivity (Wildman–Crippen MR) is 53.9 cm³/mol. The second-order valence-electron chi connectivity index (χ2n) is 5.24. The fraction of sp³-hybridized carbons (Fsp3) is 1.00. The van der Waals surface area contributed by atoms with Crippen molar-refractivity contribution in [2.75, 3.05) is 19.6 Å². The maximum atomic E-state index is 9.81. The molecule has 1 heterocycles. The molecule has 0 aliphatic carbocycles. The van der Waals surface area contributed by atoms with E-state index in [0.29, 0.717) is 19.6 Å². The van der Waals surface area contributed by atoms with Crippen molar-refractivity contribution in [2.24, 2.45) is 5.41 Å². The fourth-order valence-electron chi connectivity index (χ4n) is 1.51. The lowest BCUT2D eigenvalue weighted by molar-refractivity contribution is 0.0310. The van der Waals surface area contributed by atoms with Gasteiger partial charge in [-0.2, -0.15) is 0 Å². The molecule has 1 saturated heterocycles. The highest BCUT2D eigenvalue weighted by Gasteiger charge is 2.32. The van der Waals surface area contributed by atoms with Crippen molar-refractivity contribution in [3.05, 3.63) is 0 Å². The summed E-state index contributed by atoms with van der Waals surface area (Å²) in [7, 11) is 0. The van der Waals surface area contributed by atoms with Gasteiger partial charge in [-0.05, 0) is 5.41 Å². The van der Waals surface area contributed by atoms with Crippen LogP contribution in [-0.2, 0) is 0 Å². The van der Waals surface area contributed by atoms with Gasteiger partial charge in [-0.1, -0.05) is 20.8 Å². The van der Waals surface area contributed by atoms with Gasteiger partial charge in [0.05, 0.1) is 18.3 Å². The van der Waals surface area contributed by atoms with E-state index in [1.165, 1.54) is 0 Å². The van der Waals surface area contributed by atoms with Crippen molar-refractivity contribution >= 4 is 0 Å². The topological polar surface area (TPSA) is 63.9 Å². The number of likely N-dealkylation sites (tertiary alicyclic amines) is 1. The highest BCUT2D eigenvalue weighted by molar-refractivity contribution is 4.86. The van der Waals surface area contributed by atoms with Gasteiger partial charge in [-0.15, -0.1) is 0 Å². The molecule has 0 aromatic heterocycles. The minimum atomic E-state index is -0.665. The standard InChI is InChI=1S/C10H21NO3/c1-10(2,3)9(14)6-11-4-7(12)8(13)5-11/h7-9,12-14H,4-6H2,1-3H3/t7-,8+,9?. The van der Waals surface area contributed by atoms with E-state index in [4.69, 9.17) is 0 Å². The Hall–Kier alpha value is -0.160. The molecule has 0 aromatic rings. The lowest BCUT2D eigenvalue weighted by Crippen LogP contribution is -2.39. The van der Waals surface area contributed by atoms with E-state index in [-0.39, 0.29) is 5.41 Å². The summed E-state index contributed by atoms with van der Waals surface area (Å²) in [5.41, 5.74) is -0.154. The van der Waals surface area contributed by atoms with Gasteiger partial charge in [0.2, 0.25) is 0 Å². The van der Waals surface area contributed by atoms with Gasteiger partial charge in [0.25, 0.3) is 0 Å². The summed E-state index contributed by atoms with van der Waals surface area (Å²) in [6, 6.07) is 0. The van der Waals surface area contributed by atoms with Crippen molar-refractivity contribution in [1.82, 2.24) is 4.90 Å². The Morgan fingerprint density at radius 2 is 1.64 bits per heavy atom. The zero-order valence-electron chi connectivity index (χ0n) is 9.14. The Morgan fingerprint density at radius 1 is 1.21 bits per heavy atom. The van der Waals surface area contributed by atoms with E-state index in [0.717, 1.165) is 0 Å². The average Bonchev–Trinajstić information content (AvgIpc) is 2.29. The Kier molecular flexibility index (Phi) is 3.53. The van der Waals surface area contributed by atoms with E-state index in [9.17, 15) is 15.3 Å². The molecule has 84 valence electrons. The molecule has 1 aliphatic rings. The third-order valence-electron chi connectivity index (χ3n) is 2.77. The summed E-state index contributed by atoms with van der Waals surface area (Å²) >= 11 is 0. The van der Waals surface area contributed by atoms with Crippen molar-refractivity contribution in [3.8, 4) is 0 Å². The molecule has 1 rings (SSSR count). The number of hydrogen-bond donors (Lipinski definition) is 3. The molecule has 4 nitrogen and oxygen atoms in total. The molecule has 14 heavy (non-hydrogen) atoms. The first-order chi connectivity index (χ1) is 6.30. The molecule has 0 bridgehead atoms. The molecule has 1 aliphatic heterocycles. The van der Waals surface area contributed by atoms with Crippen LogP contribution in [0.5, 0.6) is 0 Å². The van der Waals surface area contributed by atoms with Crippen LogP contribution in [0.15, 0.2) is 0 Å². The lowest BCUT2D eigenvalue weighted by atomic mass is 9.89. The van der Waals surface area contributed by atoms with E-state index < -0.39 is 18.3 Å². The fourth-order valence-corrected chi connectivity index (χ4v) is 1.51. The average molecular weight is 203 g/mol. The second-order valence-corrected chi connectivity index (χ2v) is 5.24. The van der Waals surface area contributed by atoms with Crippen molar-refractivity contribution in [2.45, 2.75) is 39.1 Å². The highest BCUT2D eigenvalue weighted by atomic mass is 16.3. The van der Waals surface area contributed by atoms with Crippen LogP contribution in [0.3, 0.4) is 0 Å². The van der Waals surface area contributed by atoms with E-state index >= 15 is 0 Å². The van der Waals surface area contributed by atoms with Crippen LogP contribution in [0.1, 0.15) is 20.8 Å². The summed E-state index contributed by atoms with van der Waals surface area (Å²) in [6.07, 6.45) is -1.76.